The first kappa shape index (κ1) is 9.78. The zero-order chi connectivity index (χ0) is 11.0. The van der Waals surface area contributed by atoms with Crippen molar-refractivity contribution in [2.75, 3.05) is 26.3 Å². The lowest BCUT2D eigenvalue weighted by atomic mass is 9.97. The maximum atomic E-state index is 10.2. The average Bonchev–Trinajstić information content (AvgIpc) is 2.83. The Morgan fingerprint density at radius 2 is 2.12 bits per heavy atom. The van der Waals surface area contributed by atoms with E-state index in [9.17, 15) is 5.11 Å². The lowest BCUT2D eigenvalue weighted by molar-refractivity contribution is 0.165. The first-order valence-corrected chi connectivity index (χ1v) is 5.68. The van der Waals surface area contributed by atoms with Crippen LogP contribution in [-0.4, -0.2) is 31.4 Å². The van der Waals surface area contributed by atoms with E-state index in [1.54, 1.807) is 0 Å². The summed E-state index contributed by atoms with van der Waals surface area (Å²) in [6.45, 7) is 3.00. The van der Waals surface area contributed by atoms with Crippen molar-refractivity contribution in [2.45, 2.75) is 12.3 Å². The average molecular weight is 221 g/mol. The zero-order valence-corrected chi connectivity index (χ0v) is 9.03. The number of hydrogen-bond acceptors (Lipinski definition) is 4. The van der Waals surface area contributed by atoms with Gasteiger partial charge in [-0.3, -0.25) is 0 Å². The Kier molecular flexibility index (Phi) is 2.36. The Bertz CT molecular complexity index is 399. The predicted molar refractivity (Wildman–Crippen MR) is 59.3 cm³/mol. The van der Waals surface area contributed by atoms with Crippen molar-refractivity contribution in [1.29, 1.82) is 0 Å². The van der Waals surface area contributed by atoms with Gasteiger partial charge < -0.3 is 19.9 Å². The number of ether oxygens (including phenoxy) is 2. The molecule has 1 aromatic rings. The van der Waals surface area contributed by atoms with Crippen LogP contribution in [0.3, 0.4) is 0 Å². The largest absolute Gasteiger partial charge is 0.504 e. The Hall–Kier alpha value is -1.42. The summed E-state index contributed by atoms with van der Waals surface area (Å²) >= 11 is 0. The van der Waals surface area contributed by atoms with Crippen LogP contribution < -0.4 is 14.8 Å². The summed E-state index contributed by atoms with van der Waals surface area (Å²) in [6, 6.07) is 3.84. The molecule has 4 nitrogen and oxygen atoms in total. The van der Waals surface area contributed by atoms with Gasteiger partial charge in [-0.15, -0.1) is 0 Å². The Labute approximate surface area is 94.2 Å². The van der Waals surface area contributed by atoms with Crippen molar-refractivity contribution in [1.82, 2.24) is 5.32 Å². The van der Waals surface area contributed by atoms with E-state index >= 15 is 0 Å². The fourth-order valence-electron chi connectivity index (χ4n) is 2.37. The summed E-state index contributed by atoms with van der Waals surface area (Å²) in [5, 5.41) is 13.5. The molecule has 1 saturated heterocycles. The second kappa shape index (κ2) is 3.87. The molecule has 1 fully saturated rings. The van der Waals surface area contributed by atoms with Gasteiger partial charge >= 0.3 is 0 Å². The molecule has 0 spiro atoms. The third-order valence-electron chi connectivity index (χ3n) is 3.21. The predicted octanol–water partition coefficient (Wildman–Crippen LogP) is 1.24. The number of phenols is 1. The number of benzene rings is 1. The Morgan fingerprint density at radius 3 is 2.94 bits per heavy atom. The molecular formula is C12H15NO3. The number of aromatic hydroxyl groups is 1. The fourth-order valence-corrected chi connectivity index (χ4v) is 2.37. The maximum Gasteiger partial charge on any atom is 0.203 e. The van der Waals surface area contributed by atoms with E-state index in [2.05, 4.69) is 5.32 Å². The summed E-state index contributed by atoms with van der Waals surface area (Å²) in [4.78, 5) is 0. The topological polar surface area (TPSA) is 50.7 Å². The van der Waals surface area contributed by atoms with Gasteiger partial charge in [-0.2, -0.15) is 0 Å². The molecule has 2 heterocycles. The maximum absolute atomic E-state index is 10.2. The van der Waals surface area contributed by atoms with Gasteiger partial charge in [-0.25, -0.2) is 0 Å². The number of phenolic OH excluding ortho intramolecular Hbond substituents is 1. The molecule has 0 aromatic heterocycles. The smallest absolute Gasteiger partial charge is 0.203 e. The molecular weight excluding hydrogens is 206 g/mol. The molecule has 0 aliphatic carbocycles. The third-order valence-corrected chi connectivity index (χ3v) is 3.21. The van der Waals surface area contributed by atoms with Crippen LogP contribution in [0.4, 0.5) is 0 Å². The molecule has 1 atom stereocenters. The lowest BCUT2D eigenvalue weighted by Gasteiger charge is -2.22. The zero-order valence-electron chi connectivity index (χ0n) is 9.03. The molecule has 86 valence electrons. The molecule has 2 aliphatic rings. The second-order valence-electron chi connectivity index (χ2n) is 4.22. The first-order chi connectivity index (χ1) is 7.86. The quantitative estimate of drug-likeness (QED) is 0.749. The van der Waals surface area contributed by atoms with E-state index in [4.69, 9.17) is 9.47 Å². The van der Waals surface area contributed by atoms with Gasteiger partial charge in [0.2, 0.25) is 5.75 Å². The standard InChI is InChI=1S/C12H15NO3/c14-11-9(8-3-4-13-7-8)1-2-10-12(11)16-6-5-15-10/h1-2,8,13-14H,3-7H2. The summed E-state index contributed by atoms with van der Waals surface area (Å²) in [5.41, 5.74) is 0.967. The highest BCUT2D eigenvalue weighted by atomic mass is 16.6. The minimum Gasteiger partial charge on any atom is -0.504 e. The van der Waals surface area contributed by atoms with E-state index in [1.165, 1.54) is 0 Å². The van der Waals surface area contributed by atoms with E-state index in [1.807, 2.05) is 12.1 Å². The van der Waals surface area contributed by atoms with Crippen molar-refractivity contribution >= 4 is 0 Å². The highest BCUT2D eigenvalue weighted by Gasteiger charge is 2.25. The number of rotatable bonds is 1. The molecule has 0 amide bonds. The lowest BCUT2D eigenvalue weighted by Crippen LogP contribution is -2.16. The van der Waals surface area contributed by atoms with E-state index in [0.717, 1.165) is 25.1 Å². The van der Waals surface area contributed by atoms with Gasteiger partial charge in [-0.1, -0.05) is 6.07 Å². The fraction of sp³-hybridized carbons (Fsp3) is 0.500. The Balaban J connectivity index is 1.99. The molecule has 4 heteroatoms. The molecule has 1 aromatic carbocycles. The molecule has 3 rings (SSSR count). The van der Waals surface area contributed by atoms with Crippen LogP contribution in [0.5, 0.6) is 17.2 Å². The first-order valence-electron chi connectivity index (χ1n) is 5.68. The van der Waals surface area contributed by atoms with Gasteiger partial charge in [0.15, 0.2) is 11.5 Å². The minimum atomic E-state index is 0.255. The second-order valence-corrected chi connectivity index (χ2v) is 4.22. The molecule has 16 heavy (non-hydrogen) atoms. The molecule has 2 N–H and O–H groups in total. The van der Waals surface area contributed by atoms with Crippen molar-refractivity contribution < 1.29 is 14.6 Å². The van der Waals surface area contributed by atoms with Crippen LogP contribution in [0, 0.1) is 0 Å². The number of hydrogen-bond donors (Lipinski definition) is 2. The van der Waals surface area contributed by atoms with Gasteiger partial charge in [0.25, 0.3) is 0 Å². The van der Waals surface area contributed by atoms with Crippen LogP contribution in [0.25, 0.3) is 0 Å². The van der Waals surface area contributed by atoms with Crippen LogP contribution in [0.15, 0.2) is 12.1 Å². The van der Waals surface area contributed by atoms with Gasteiger partial charge in [0, 0.05) is 18.0 Å². The van der Waals surface area contributed by atoms with Gasteiger partial charge in [0.1, 0.15) is 13.2 Å². The highest BCUT2D eigenvalue weighted by Crippen LogP contribution is 2.44. The number of fused-ring (bicyclic) bond motifs is 1. The van der Waals surface area contributed by atoms with Crippen molar-refractivity contribution in [3.8, 4) is 17.2 Å². The summed E-state index contributed by atoms with van der Waals surface area (Å²) in [6.07, 6.45) is 1.06. The van der Waals surface area contributed by atoms with Crippen molar-refractivity contribution in [3.05, 3.63) is 17.7 Å². The van der Waals surface area contributed by atoms with E-state index in [-0.39, 0.29) is 5.75 Å². The van der Waals surface area contributed by atoms with Gasteiger partial charge in [-0.05, 0) is 19.0 Å². The number of nitrogens with one attached hydrogen (secondary N) is 1. The minimum absolute atomic E-state index is 0.255. The summed E-state index contributed by atoms with van der Waals surface area (Å²) in [7, 11) is 0. The summed E-state index contributed by atoms with van der Waals surface area (Å²) < 4.78 is 10.9. The van der Waals surface area contributed by atoms with E-state index in [0.29, 0.717) is 30.6 Å². The van der Waals surface area contributed by atoms with Crippen LogP contribution in [0.2, 0.25) is 0 Å². The van der Waals surface area contributed by atoms with Crippen LogP contribution in [-0.2, 0) is 0 Å². The van der Waals surface area contributed by atoms with Crippen molar-refractivity contribution in [3.63, 3.8) is 0 Å². The van der Waals surface area contributed by atoms with Crippen molar-refractivity contribution in [2.24, 2.45) is 0 Å². The summed E-state index contributed by atoms with van der Waals surface area (Å²) in [5.74, 6) is 1.80. The van der Waals surface area contributed by atoms with Gasteiger partial charge in [0.05, 0.1) is 0 Å². The normalized spacial score (nSPS) is 23.4. The molecule has 1 unspecified atom stereocenters. The molecule has 2 aliphatic heterocycles. The highest BCUT2D eigenvalue weighted by molar-refractivity contribution is 5.56. The Morgan fingerprint density at radius 1 is 1.25 bits per heavy atom. The SMILES string of the molecule is Oc1c(C2CCNC2)ccc2c1OCCO2. The molecule has 0 saturated carbocycles. The van der Waals surface area contributed by atoms with Crippen LogP contribution in [0.1, 0.15) is 17.9 Å². The molecule has 0 radical (unpaired) electrons. The van der Waals surface area contributed by atoms with E-state index < -0.39 is 0 Å². The van der Waals surface area contributed by atoms with Crippen LogP contribution >= 0.6 is 0 Å². The monoisotopic (exact) mass is 221 g/mol. The molecule has 0 bridgehead atoms. The third kappa shape index (κ3) is 1.50.